The number of carbonyl (C=O) groups excluding carboxylic acids is 4. The van der Waals surface area contributed by atoms with E-state index in [9.17, 15) is 19.2 Å². The Labute approximate surface area is 186 Å². The van der Waals surface area contributed by atoms with Crippen molar-refractivity contribution in [3.8, 4) is 0 Å². The SMILES string of the molecule is CCCCC(CNC(=O)[C@@H]1CC(=O)NC(=O)N1)NC(=O)c1oc2c(C)ccc(C)c2c1C. The number of aryl methyl sites for hydroxylation is 3. The van der Waals surface area contributed by atoms with Crippen molar-refractivity contribution in [1.29, 1.82) is 0 Å². The van der Waals surface area contributed by atoms with Crippen molar-refractivity contribution in [3.05, 3.63) is 34.6 Å². The summed E-state index contributed by atoms with van der Waals surface area (Å²) in [5.74, 6) is -1.04. The quantitative estimate of drug-likeness (QED) is 0.499. The molecule has 1 saturated heterocycles. The molecule has 1 aliphatic rings. The second-order valence-corrected chi connectivity index (χ2v) is 8.30. The molecule has 0 bridgehead atoms. The Hall–Kier alpha value is -3.36. The van der Waals surface area contributed by atoms with Gasteiger partial charge in [0, 0.05) is 23.5 Å². The number of amides is 5. The van der Waals surface area contributed by atoms with Crippen LogP contribution in [0.3, 0.4) is 0 Å². The summed E-state index contributed by atoms with van der Waals surface area (Å²) in [6, 6.07) is 2.03. The molecule has 172 valence electrons. The highest BCUT2D eigenvalue weighted by Gasteiger charge is 2.30. The topological polar surface area (TPSA) is 130 Å². The summed E-state index contributed by atoms with van der Waals surface area (Å²) in [5, 5.41) is 11.2. The average Bonchev–Trinajstić information content (AvgIpc) is 3.10. The molecule has 3 rings (SSSR count). The van der Waals surface area contributed by atoms with Gasteiger partial charge in [0.05, 0.1) is 6.42 Å². The number of rotatable bonds is 8. The molecule has 0 aliphatic carbocycles. The summed E-state index contributed by atoms with van der Waals surface area (Å²) >= 11 is 0. The number of imide groups is 1. The van der Waals surface area contributed by atoms with Crippen LogP contribution in [0.15, 0.2) is 16.5 Å². The van der Waals surface area contributed by atoms with Crippen molar-refractivity contribution in [2.24, 2.45) is 0 Å². The second kappa shape index (κ2) is 9.84. The van der Waals surface area contributed by atoms with Gasteiger partial charge in [-0.25, -0.2) is 4.79 Å². The second-order valence-electron chi connectivity index (χ2n) is 8.30. The van der Waals surface area contributed by atoms with Crippen molar-refractivity contribution < 1.29 is 23.6 Å². The number of benzene rings is 1. The van der Waals surface area contributed by atoms with Gasteiger partial charge in [0.2, 0.25) is 11.8 Å². The first-order valence-electron chi connectivity index (χ1n) is 10.9. The summed E-state index contributed by atoms with van der Waals surface area (Å²) in [5.41, 5.74) is 3.49. The molecular formula is C23H30N4O5. The van der Waals surface area contributed by atoms with Gasteiger partial charge in [-0.3, -0.25) is 19.7 Å². The molecule has 1 unspecified atom stereocenters. The van der Waals surface area contributed by atoms with Gasteiger partial charge >= 0.3 is 6.03 Å². The van der Waals surface area contributed by atoms with Crippen molar-refractivity contribution in [3.63, 3.8) is 0 Å². The van der Waals surface area contributed by atoms with Gasteiger partial charge in [-0.05, 0) is 38.3 Å². The van der Waals surface area contributed by atoms with E-state index in [1.807, 2.05) is 39.8 Å². The van der Waals surface area contributed by atoms with Crippen LogP contribution in [-0.4, -0.2) is 42.4 Å². The van der Waals surface area contributed by atoms with Gasteiger partial charge in [-0.15, -0.1) is 0 Å². The van der Waals surface area contributed by atoms with E-state index in [1.165, 1.54) is 0 Å². The maximum Gasteiger partial charge on any atom is 0.322 e. The molecule has 32 heavy (non-hydrogen) atoms. The van der Waals surface area contributed by atoms with Gasteiger partial charge in [-0.2, -0.15) is 0 Å². The fourth-order valence-corrected chi connectivity index (χ4v) is 3.93. The Balaban J connectivity index is 1.70. The van der Waals surface area contributed by atoms with E-state index in [-0.39, 0.29) is 30.7 Å². The number of fused-ring (bicyclic) bond motifs is 1. The largest absolute Gasteiger partial charge is 0.450 e. The lowest BCUT2D eigenvalue weighted by Gasteiger charge is -2.24. The molecule has 0 saturated carbocycles. The molecule has 0 radical (unpaired) electrons. The predicted octanol–water partition coefficient (Wildman–Crippen LogP) is 2.36. The minimum Gasteiger partial charge on any atom is -0.450 e. The maximum absolute atomic E-state index is 13.0. The van der Waals surface area contributed by atoms with E-state index in [1.54, 1.807) is 0 Å². The van der Waals surface area contributed by atoms with E-state index < -0.39 is 23.9 Å². The maximum atomic E-state index is 13.0. The molecule has 1 fully saturated rings. The monoisotopic (exact) mass is 442 g/mol. The minimum absolute atomic E-state index is 0.125. The third-order valence-corrected chi connectivity index (χ3v) is 5.72. The van der Waals surface area contributed by atoms with Crippen LogP contribution < -0.4 is 21.3 Å². The van der Waals surface area contributed by atoms with Crippen LogP contribution in [0.25, 0.3) is 11.0 Å². The van der Waals surface area contributed by atoms with Crippen LogP contribution in [0, 0.1) is 20.8 Å². The third kappa shape index (κ3) is 5.09. The third-order valence-electron chi connectivity index (χ3n) is 5.72. The van der Waals surface area contributed by atoms with Crippen LogP contribution >= 0.6 is 0 Å². The molecule has 4 N–H and O–H groups in total. The van der Waals surface area contributed by atoms with Crippen LogP contribution in [0.1, 0.15) is 59.9 Å². The fourth-order valence-electron chi connectivity index (χ4n) is 3.93. The summed E-state index contributed by atoms with van der Waals surface area (Å²) in [7, 11) is 0. The average molecular weight is 443 g/mol. The molecule has 1 aromatic heterocycles. The van der Waals surface area contributed by atoms with Crippen LogP contribution in [0.5, 0.6) is 0 Å². The number of nitrogens with one attached hydrogen (secondary N) is 4. The van der Waals surface area contributed by atoms with Crippen LogP contribution in [0.2, 0.25) is 0 Å². The summed E-state index contributed by atoms with van der Waals surface area (Å²) in [4.78, 5) is 48.4. The molecule has 9 nitrogen and oxygen atoms in total. The number of furan rings is 1. The molecule has 1 aromatic carbocycles. The van der Waals surface area contributed by atoms with Crippen LogP contribution in [-0.2, 0) is 9.59 Å². The van der Waals surface area contributed by atoms with Crippen LogP contribution in [0.4, 0.5) is 4.79 Å². The highest BCUT2D eigenvalue weighted by Crippen LogP contribution is 2.30. The highest BCUT2D eigenvalue weighted by atomic mass is 16.3. The molecule has 2 atom stereocenters. The van der Waals surface area contributed by atoms with Gasteiger partial charge in [0.1, 0.15) is 11.6 Å². The first-order chi connectivity index (χ1) is 15.2. The number of hydrogen-bond donors (Lipinski definition) is 4. The molecule has 5 amide bonds. The Morgan fingerprint density at radius 2 is 1.91 bits per heavy atom. The van der Waals surface area contributed by atoms with Crippen molar-refractivity contribution in [2.45, 2.75) is 65.5 Å². The number of urea groups is 1. The molecule has 2 heterocycles. The minimum atomic E-state index is -0.928. The normalized spacial score (nSPS) is 16.9. The van der Waals surface area contributed by atoms with E-state index >= 15 is 0 Å². The Morgan fingerprint density at radius 3 is 2.56 bits per heavy atom. The van der Waals surface area contributed by atoms with Crippen molar-refractivity contribution >= 4 is 34.7 Å². The summed E-state index contributed by atoms with van der Waals surface area (Å²) in [6.07, 6.45) is 2.33. The van der Waals surface area contributed by atoms with Crippen molar-refractivity contribution in [1.82, 2.24) is 21.3 Å². The number of carbonyl (C=O) groups is 4. The summed E-state index contributed by atoms with van der Waals surface area (Å²) in [6.45, 7) is 8.01. The van der Waals surface area contributed by atoms with E-state index in [2.05, 4.69) is 21.3 Å². The Bertz CT molecular complexity index is 1040. The molecule has 9 heteroatoms. The smallest absolute Gasteiger partial charge is 0.322 e. The zero-order valence-corrected chi connectivity index (χ0v) is 18.9. The zero-order valence-electron chi connectivity index (χ0n) is 18.9. The number of unbranched alkanes of at least 4 members (excludes halogenated alkanes) is 1. The first-order valence-corrected chi connectivity index (χ1v) is 10.9. The first kappa shape index (κ1) is 23.3. The lowest BCUT2D eigenvalue weighted by Crippen LogP contribution is -2.58. The Morgan fingerprint density at radius 1 is 1.19 bits per heavy atom. The van der Waals surface area contributed by atoms with E-state index in [0.29, 0.717) is 12.0 Å². The van der Waals surface area contributed by atoms with Gasteiger partial charge in [0.15, 0.2) is 5.76 Å². The lowest BCUT2D eigenvalue weighted by molar-refractivity contribution is -0.128. The zero-order chi connectivity index (χ0) is 23.4. The lowest BCUT2D eigenvalue weighted by atomic mass is 10.0. The standard InChI is InChI=1S/C23H30N4O5/c1-5-6-7-15(11-24-21(29)16-10-17(28)27-23(31)26-16)25-22(30)20-14(4)18-12(2)8-9-13(3)19(18)32-20/h8-9,15-16H,5-7,10-11H2,1-4H3,(H,24,29)(H,25,30)(H2,26,27,28,31)/t15?,16-/m0/s1. The molecule has 2 aromatic rings. The summed E-state index contributed by atoms with van der Waals surface area (Å²) < 4.78 is 5.93. The number of hydrogen-bond acceptors (Lipinski definition) is 5. The van der Waals surface area contributed by atoms with Gasteiger partial charge in [0.25, 0.3) is 5.91 Å². The fraction of sp³-hybridized carbons (Fsp3) is 0.478. The van der Waals surface area contributed by atoms with Crippen molar-refractivity contribution in [2.75, 3.05) is 6.54 Å². The van der Waals surface area contributed by atoms with E-state index in [0.717, 1.165) is 34.9 Å². The molecule has 1 aliphatic heterocycles. The highest BCUT2D eigenvalue weighted by molar-refractivity contribution is 6.02. The molecule has 0 spiro atoms. The predicted molar refractivity (Wildman–Crippen MR) is 119 cm³/mol. The van der Waals surface area contributed by atoms with E-state index in [4.69, 9.17) is 4.42 Å². The van der Waals surface area contributed by atoms with Gasteiger partial charge in [-0.1, -0.05) is 31.9 Å². The molecular weight excluding hydrogens is 412 g/mol. The Kier molecular flexibility index (Phi) is 7.17. The van der Waals surface area contributed by atoms with Gasteiger partial charge < -0.3 is 20.4 Å².